The lowest BCUT2D eigenvalue weighted by Crippen LogP contribution is -2.31. The molecule has 0 bridgehead atoms. The second-order valence-electron chi connectivity index (χ2n) is 5.68. The van der Waals surface area contributed by atoms with Gasteiger partial charge >= 0.3 is 0 Å². The Labute approximate surface area is 155 Å². The van der Waals surface area contributed by atoms with Crippen LogP contribution >= 0.6 is 22.7 Å². The number of carbonyl (C=O) groups is 1. The number of nitrogens with zero attached hydrogens (tertiary/aromatic N) is 2. The second kappa shape index (κ2) is 8.27. The lowest BCUT2D eigenvalue weighted by atomic mass is 10.1. The highest BCUT2D eigenvalue weighted by atomic mass is 32.1. The Morgan fingerprint density at radius 3 is 2.68 bits per heavy atom. The van der Waals surface area contributed by atoms with E-state index in [2.05, 4.69) is 11.1 Å². The number of ether oxygens (including phenoxy) is 1. The number of thiazole rings is 1. The van der Waals surface area contributed by atoms with Crippen molar-refractivity contribution in [1.29, 1.82) is 0 Å². The van der Waals surface area contributed by atoms with Crippen molar-refractivity contribution in [2.24, 2.45) is 0 Å². The molecule has 0 radical (unpaired) electrons. The van der Waals surface area contributed by atoms with E-state index in [-0.39, 0.29) is 5.91 Å². The van der Waals surface area contributed by atoms with Gasteiger partial charge < -0.3 is 9.64 Å². The van der Waals surface area contributed by atoms with E-state index >= 15 is 0 Å². The molecule has 3 rings (SSSR count). The summed E-state index contributed by atoms with van der Waals surface area (Å²) in [7, 11) is 1.66. The molecule has 0 unspecified atom stereocenters. The van der Waals surface area contributed by atoms with Crippen LogP contribution in [0.2, 0.25) is 0 Å². The Morgan fingerprint density at radius 1 is 1.16 bits per heavy atom. The monoisotopic (exact) mass is 372 g/mol. The third kappa shape index (κ3) is 4.67. The molecule has 2 heterocycles. The van der Waals surface area contributed by atoms with Crippen LogP contribution in [0.25, 0.3) is 0 Å². The number of rotatable bonds is 7. The van der Waals surface area contributed by atoms with E-state index in [1.54, 1.807) is 29.8 Å². The molecular weight excluding hydrogens is 352 g/mol. The highest BCUT2D eigenvalue weighted by molar-refractivity contribution is 7.10. The summed E-state index contributed by atoms with van der Waals surface area (Å²) in [5.41, 5.74) is 1.84. The minimum Gasteiger partial charge on any atom is -0.496 e. The quantitative estimate of drug-likeness (QED) is 0.621. The molecule has 0 saturated carbocycles. The molecule has 3 aromatic rings. The fourth-order valence-corrected chi connectivity index (χ4v) is 3.95. The Kier molecular flexibility index (Phi) is 5.83. The summed E-state index contributed by atoms with van der Waals surface area (Å²) in [6, 6.07) is 11.9. The van der Waals surface area contributed by atoms with Crippen LogP contribution in [0.4, 0.5) is 0 Å². The van der Waals surface area contributed by atoms with Crippen LogP contribution in [0.1, 0.15) is 21.1 Å². The van der Waals surface area contributed by atoms with Crippen molar-refractivity contribution in [2.75, 3.05) is 7.11 Å². The standard InChI is InChI=1S/C19H20N2O2S2/c1-14-20-16(13-25-14)10-19(22)21(12-17-7-5-9-24-17)11-15-6-3-4-8-18(15)23-2/h3-9,13H,10-12H2,1-2H3. The maximum Gasteiger partial charge on any atom is 0.229 e. The van der Waals surface area contributed by atoms with Gasteiger partial charge in [0, 0.05) is 22.4 Å². The van der Waals surface area contributed by atoms with Crippen LogP contribution in [0.5, 0.6) is 5.75 Å². The maximum atomic E-state index is 12.9. The zero-order valence-electron chi connectivity index (χ0n) is 14.3. The van der Waals surface area contributed by atoms with Gasteiger partial charge in [-0.1, -0.05) is 24.3 Å². The maximum absolute atomic E-state index is 12.9. The predicted molar refractivity (Wildman–Crippen MR) is 102 cm³/mol. The minimum absolute atomic E-state index is 0.0737. The molecule has 0 atom stereocenters. The van der Waals surface area contributed by atoms with Gasteiger partial charge in [-0.05, 0) is 24.4 Å². The van der Waals surface area contributed by atoms with Crippen molar-refractivity contribution in [2.45, 2.75) is 26.4 Å². The molecule has 0 fully saturated rings. The predicted octanol–water partition coefficient (Wildman–Crippen LogP) is 4.29. The minimum atomic E-state index is 0.0737. The van der Waals surface area contributed by atoms with Gasteiger partial charge in [-0.15, -0.1) is 22.7 Å². The van der Waals surface area contributed by atoms with Gasteiger partial charge in [0.25, 0.3) is 0 Å². The number of aromatic nitrogens is 1. The SMILES string of the molecule is COc1ccccc1CN(Cc1cccs1)C(=O)Cc1csc(C)n1. The molecule has 0 spiro atoms. The van der Waals surface area contributed by atoms with E-state index in [1.165, 1.54) is 0 Å². The Morgan fingerprint density at radius 2 is 2.00 bits per heavy atom. The Hall–Kier alpha value is -2.18. The first-order chi connectivity index (χ1) is 12.2. The molecule has 25 heavy (non-hydrogen) atoms. The van der Waals surface area contributed by atoms with Crippen LogP contribution in [-0.2, 0) is 24.3 Å². The molecule has 1 aromatic carbocycles. The van der Waals surface area contributed by atoms with Crippen molar-refractivity contribution in [3.05, 3.63) is 68.3 Å². The van der Waals surface area contributed by atoms with Gasteiger partial charge in [0.15, 0.2) is 0 Å². The molecule has 0 N–H and O–H groups in total. The molecule has 4 nitrogen and oxygen atoms in total. The number of thiophene rings is 1. The number of hydrogen-bond donors (Lipinski definition) is 0. The van der Waals surface area contributed by atoms with Crippen LogP contribution in [0.15, 0.2) is 47.2 Å². The smallest absolute Gasteiger partial charge is 0.229 e. The van der Waals surface area contributed by atoms with E-state index in [1.807, 2.05) is 52.9 Å². The van der Waals surface area contributed by atoms with Gasteiger partial charge in [-0.3, -0.25) is 4.79 Å². The lowest BCUT2D eigenvalue weighted by Gasteiger charge is -2.23. The molecule has 1 amide bonds. The van der Waals surface area contributed by atoms with Gasteiger partial charge in [0.2, 0.25) is 5.91 Å². The van der Waals surface area contributed by atoms with Gasteiger partial charge in [0.05, 0.1) is 30.8 Å². The zero-order chi connectivity index (χ0) is 17.6. The summed E-state index contributed by atoms with van der Waals surface area (Å²) >= 11 is 3.23. The van der Waals surface area contributed by atoms with Gasteiger partial charge in [-0.2, -0.15) is 0 Å². The van der Waals surface area contributed by atoms with E-state index < -0.39 is 0 Å². The number of aryl methyl sites for hydroxylation is 1. The van der Waals surface area contributed by atoms with E-state index in [0.717, 1.165) is 26.9 Å². The fraction of sp³-hybridized carbons (Fsp3) is 0.263. The van der Waals surface area contributed by atoms with E-state index in [9.17, 15) is 4.79 Å². The average molecular weight is 373 g/mol. The number of benzene rings is 1. The molecule has 0 aliphatic carbocycles. The number of para-hydroxylation sites is 1. The molecule has 130 valence electrons. The highest BCUT2D eigenvalue weighted by Gasteiger charge is 2.18. The zero-order valence-corrected chi connectivity index (χ0v) is 15.9. The normalized spacial score (nSPS) is 10.6. The molecule has 0 saturated heterocycles. The first kappa shape index (κ1) is 17.6. The van der Waals surface area contributed by atoms with Crippen molar-refractivity contribution < 1.29 is 9.53 Å². The summed E-state index contributed by atoms with van der Waals surface area (Å²) in [5, 5.41) is 4.97. The topological polar surface area (TPSA) is 42.4 Å². The first-order valence-corrected chi connectivity index (χ1v) is 9.74. The molecule has 2 aromatic heterocycles. The summed E-state index contributed by atoms with van der Waals surface area (Å²) in [6.45, 7) is 3.07. The average Bonchev–Trinajstić information content (AvgIpc) is 3.26. The largest absolute Gasteiger partial charge is 0.496 e. The van der Waals surface area contributed by atoms with Gasteiger partial charge in [-0.25, -0.2) is 4.98 Å². The van der Waals surface area contributed by atoms with E-state index in [0.29, 0.717) is 19.5 Å². The number of methoxy groups -OCH3 is 1. The Bertz CT molecular complexity index is 828. The Balaban J connectivity index is 1.80. The van der Waals surface area contributed by atoms with Crippen molar-refractivity contribution in [3.8, 4) is 5.75 Å². The molecule has 6 heteroatoms. The molecular formula is C19H20N2O2S2. The van der Waals surface area contributed by atoms with Crippen molar-refractivity contribution in [1.82, 2.24) is 9.88 Å². The summed E-state index contributed by atoms with van der Waals surface area (Å²) in [4.78, 5) is 20.4. The number of amides is 1. The van der Waals surface area contributed by atoms with E-state index in [4.69, 9.17) is 4.74 Å². The van der Waals surface area contributed by atoms with Crippen molar-refractivity contribution >= 4 is 28.6 Å². The highest BCUT2D eigenvalue weighted by Crippen LogP contribution is 2.22. The van der Waals surface area contributed by atoms with Crippen LogP contribution in [0, 0.1) is 6.92 Å². The summed E-state index contributed by atoms with van der Waals surface area (Å²) < 4.78 is 5.44. The number of hydrogen-bond acceptors (Lipinski definition) is 5. The fourth-order valence-electron chi connectivity index (χ4n) is 2.62. The molecule has 0 aliphatic heterocycles. The second-order valence-corrected chi connectivity index (χ2v) is 7.77. The third-order valence-electron chi connectivity index (χ3n) is 3.83. The van der Waals surface area contributed by atoms with Gasteiger partial charge in [0.1, 0.15) is 5.75 Å². The van der Waals surface area contributed by atoms with Crippen LogP contribution < -0.4 is 4.74 Å². The summed E-state index contributed by atoms with van der Waals surface area (Å²) in [6.07, 6.45) is 0.324. The number of carbonyl (C=O) groups excluding carboxylic acids is 1. The summed E-state index contributed by atoms with van der Waals surface area (Å²) in [5.74, 6) is 0.876. The third-order valence-corrected chi connectivity index (χ3v) is 5.52. The lowest BCUT2D eigenvalue weighted by molar-refractivity contribution is -0.131. The van der Waals surface area contributed by atoms with Crippen LogP contribution in [0.3, 0.4) is 0 Å². The van der Waals surface area contributed by atoms with Crippen LogP contribution in [-0.4, -0.2) is 22.9 Å². The van der Waals surface area contributed by atoms with Crippen molar-refractivity contribution in [3.63, 3.8) is 0 Å². The molecule has 0 aliphatic rings. The first-order valence-electron chi connectivity index (χ1n) is 7.99.